The molecule has 122 valence electrons. The van der Waals surface area contributed by atoms with Gasteiger partial charge in [0.15, 0.2) is 23.0 Å². The van der Waals surface area contributed by atoms with Gasteiger partial charge < -0.3 is 25.0 Å². The molecule has 0 aromatic heterocycles. The Labute approximate surface area is 134 Å². The average molecular weight is 317 g/mol. The van der Waals surface area contributed by atoms with Gasteiger partial charge in [0.05, 0.1) is 20.6 Å². The van der Waals surface area contributed by atoms with Crippen LogP contribution in [0.15, 0.2) is 36.4 Å². The number of benzene rings is 2. The van der Waals surface area contributed by atoms with E-state index in [2.05, 4.69) is 5.32 Å². The number of carbonyl (C=O) groups excluding carboxylic acids is 1. The van der Waals surface area contributed by atoms with Gasteiger partial charge in [0, 0.05) is 6.54 Å². The largest absolute Gasteiger partial charge is 0.504 e. The van der Waals surface area contributed by atoms with Crippen molar-refractivity contribution < 1.29 is 24.5 Å². The zero-order valence-corrected chi connectivity index (χ0v) is 13.0. The van der Waals surface area contributed by atoms with Crippen molar-refractivity contribution >= 4 is 5.91 Å². The van der Waals surface area contributed by atoms with Crippen LogP contribution in [0, 0.1) is 0 Å². The van der Waals surface area contributed by atoms with E-state index in [-0.39, 0.29) is 23.8 Å². The molecule has 0 unspecified atom stereocenters. The van der Waals surface area contributed by atoms with E-state index >= 15 is 0 Å². The second-order valence-electron chi connectivity index (χ2n) is 4.97. The smallest absolute Gasteiger partial charge is 0.224 e. The third-order valence-corrected chi connectivity index (χ3v) is 3.34. The van der Waals surface area contributed by atoms with Crippen molar-refractivity contribution in [2.75, 3.05) is 14.2 Å². The van der Waals surface area contributed by atoms with E-state index in [1.54, 1.807) is 32.4 Å². The summed E-state index contributed by atoms with van der Waals surface area (Å²) in [6.45, 7) is 0.350. The van der Waals surface area contributed by atoms with E-state index in [9.17, 15) is 15.0 Å². The van der Waals surface area contributed by atoms with Gasteiger partial charge >= 0.3 is 0 Å². The number of carbonyl (C=O) groups is 1. The van der Waals surface area contributed by atoms with Gasteiger partial charge in [-0.1, -0.05) is 12.1 Å². The van der Waals surface area contributed by atoms with Crippen LogP contribution in [0.1, 0.15) is 11.1 Å². The first kappa shape index (κ1) is 16.5. The third-order valence-electron chi connectivity index (χ3n) is 3.34. The Balaban J connectivity index is 1.95. The minimum atomic E-state index is -0.241. The van der Waals surface area contributed by atoms with Gasteiger partial charge in [0.25, 0.3) is 0 Å². The summed E-state index contributed by atoms with van der Waals surface area (Å²) in [6, 6.07) is 9.72. The lowest BCUT2D eigenvalue weighted by Crippen LogP contribution is -2.24. The zero-order valence-electron chi connectivity index (χ0n) is 13.0. The van der Waals surface area contributed by atoms with Crippen molar-refractivity contribution in [1.82, 2.24) is 5.32 Å². The van der Waals surface area contributed by atoms with Gasteiger partial charge in [-0.25, -0.2) is 0 Å². The lowest BCUT2D eigenvalue weighted by Gasteiger charge is -2.10. The Hall–Kier alpha value is -2.89. The number of ether oxygens (including phenoxy) is 2. The van der Waals surface area contributed by atoms with E-state index in [1.807, 2.05) is 6.07 Å². The molecule has 0 saturated carbocycles. The average Bonchev–Trinajstić information content (AvgIpc) is 2.56. The summed E-state index contributed by atoms with van der Waals surface area (Å²) in [5, 5.41) is 21.5. The molecule has 0 heterocycles. The maximum absolute atomic E-state index is 11.9. The van der Waals surface area contributed by atoms with E-state index in [0.717, 1.165) is 5.56 Å². The van der Waals surface area contributed by atoms with Crippen LogP contribution in [0.3, 0.4) is 0 Å². The monoisotopic (exact) mass is 317 g/mol. The fourth-order valence-corrected chi connectivity index (χ4v) is 2.12. The summed E-state index contributed by atoms with van der Waals surface area (Å²) >= 11 is 0. The highest BCUT2D eigenvalue weighted by Gasteiger charge is 2.08. The van der Waals surface area contributed by atoms with E-state index in [4.69, 9.17) is 9.47 Å². The minimum absolute atomic E-state index is 0.112. The summed E-state index contributed by atoms with van der Waals surface area (Å²) in [5.41, 5.74) is 1.50. The first-order chi connectivity index (χ1) is 11.0. The Bertz CT molecular complexity index is 699. The molecule has 2 aromatic rings. The molecule has 0 aliphatic carbocycles. The summed E-state index contributed by atoms with van der Waals surface area (Å²) in [5.74, 6) is 0.587. The first-order valence-electron chi connectivity index (χ1n) is 7.02. The molecule has 0 saturated heterocycles. The van der Waals surface area contributed by atoms with Gasteiger partial charge in [-0.15, -0.1) is 0 Å². The number of nitrogens with one attached hydrogen (secondary N) is 1. The van der Waals surface area contributed by atoms with Gasteiger partial charge in [-0.2, -0.15) is 0 Å². The van der Waals surface area contributed by atoms with E-state index in [0.29, 0.717) is 23.6 Å². The van der Waals surface area contributed by atoms with Crippen molar-refractivity contribution in [3.05, 3.63) is 47.5 Å². The van der Waals surface area contributed by atoms with E-state index in [1.165, 1.54) is 12.1 Å². The standard InChI is InChI=1S/C17H19NO5/c1-22-15-6-4-12(8-16(15)23-2)10-18-17(21)9-11-3-5-13(19)14(20)7-11/h3-8,19-20H,9-10H2,1-2H3,(H,18,21). The highest BCUT2D eigenvalue weighted by Crippen LogP contribution is 2.27. The summed E-state index contributed by atoms with van der Waals surface area (Å²) < 4.78 is 10.4. The summed E-state index contributed by atoms with van der Waals surface area (Å²) in [4.78, 5) is 11.9. The molecule has 0 aliphatic rings. The highest BCUT2D eigenvalue weighted by molar-refractivity contribution is 5.78. The molecule has 0 atom stereocenters. The molecule has 3 N–H and O–H groups in total. The van der Waals surface area contributed by atoms with Crippen LogP contribution in [-0.2, 0) is 17.8 Å². The molecule has 0 spiro atoms. The SMILES string of the molecule is COc1ccc(CNC(=O)Cc2ccc(O)c(O)c2)cc1OC. The molecule has 1 amide bonds. The molecule has 6 nitrogen and oxygen atoms in total. The predicted octanol–water partition coefficient (Wildman–Crippen LogP) is 1.97. The van der Waals surface area contributed by atoms with E-state index < -0.39 is 0 Å². The van der Waals surface area contributed by atoms with Crippen LogP contribution in [0.5, 0.6) is 23.0 Å². The van der Waals surface area contributed by atoms with Gasteiger partial charge in [-0.05, 0) is 35.4 Å². The predicted molar refractivity (Wildman–Crippen MR) is 84.9 cm³/mol. The van der Waals surface area contributed by atoms with Crippen LogP contribution in [-0.4, -0.2) is 30.3 Å². The maximum Gasteiger partial charge on any atom is 0.224 e. The molecular weight excluding hydrogens is 298 g/mol. The Morgan fingerprint density at radius 2 is 1.65 bits per heavy atom. The molecular formula is C17H19NO5. The normalized spacial score (nSPS) is 10.2. The molecule has 6 heteroatoms. The molecule has 0 bridgehead atoms. The topological polar surface area (TPSA) is 88.0 Å². The lowest BCUT2D eigenvalue weighted by atomic mass is 10.1. The Kier molecular flexibility index (Phi) is 5.30. The number of rotatable bonds is 6. The summed E-state index contributed by atoms with van der Waals surface area (Å²) in [6.07, 6.45) is 0.112. The van der Waals surface area contributed by atoms with Crippen LogP contribution < -0.4 is 14.8 Å². The number of hydrogen-bond acceptors (Lipinski definition) is 5. The Morgan fingerprint density at radius 1 is 0.957 bits per heavy atom. The van der Waals surface area contributed by atoms with Crippen LogP contribution in [0.4, 0.5) is 0 Å². The lowest BCUT2D eigenvalue weighted by molar-refractivity contribution is -0.120. The highest BCUT2D eigenvalue weighted by atomic mass is 16.5. The van der Waals surface area contributed by atoms with Gasteiger partial charge in [0.1, 0.15) is 0 Å². The fourth-order valence-electron chi connectivity index (χ4n) is 2.12. The van der Waals surface area contributed by atoms with Crippen molar-refractivity contribution in [1.29, 1.82) is 0 Å². The molecule has 0 fully saturated rings. The fraction of sp³-hybridized carbons (Fsp3) is 0.235. The summed E-state index contributed by atoms with van der Waals surface area (Å²) in [7, 11) is 3.11. The number of amides is 1. The van der Waals surface area contributed by atoms with Crippen molar-refractivity contribution in [3.8, 4) is 23.0 Å². The number of phenols is 2. The second-order valence-corrected chi connectivity index (χ2v) is 4.97. The second kappa shape index (κ2) is 7.40. The molecule has 0 aliphatic heterocycles. The zero-order chi connectivity index (χ0) is 16.8. The van der Waals surface area contributed by atoms with Gasteiger partial charge in [0.2, 0.25) is 5.91 Å². The third kappa shape index (κ3) is 4.29. The number of hydrogen-bond donors (Lipinski definition) is 3. The number of methoxy groups -OCH3 is 2. The minimum Gasteiger partial charge on any atom is -0.504 e. The van der Waals surface area contributed by atoms with Crippen molar-refractivity contribution in [2.45, 2.75) is 13.0 Å². The quantitative estimate of drug-likeness (QED) is 0.709. The molecule has 0 radical (unpaired) electrons. The van der Waals surface area contributed by atoms with Crippen molar-refractivity contribution in [3.63, 3.8) is 0 Å². The number of phenolic OH excluding ortho intramolecular Hbond substituents is 2. The number of aromatic hydroxyl groups is 2. The Morgan fingerprint density at radius 3 is 2.30 bits per heavy atom. The van der Waals surface area contributed by atoms with Crippen LogP contribution in [0.25, 0.3) is 0 Å². The first-order valence-corrected chi connectivity index (χ1v) is 7.02. The molecule has 23 heavy (non-hydrogen) atoms. The van der Waals surface area contributed by atoms with Crippen LogP contribution >= 0.6 is 0 Å². The van der Waals surface area contributed by atoms with Crippen molar-refractivity contribution in [2.24, 2.45) is 0 Å². The molecule has 2 rings (SSSR count). The van der Waals surface area contributed by atoms with Gasteiger partial charge in [-0.3, -0.25) is 4.79 Å². The van der Waals surface area contributed by atoms with Crippen LogP contribution in [0.2, 0.25) is 0 Å². The molecule has 2 aromatic carbocycles. The maximum atomic E-state index is 11.9.